The number of hydrogen-bond acceptors (Lipinski definition) is 4. The van der Waals surface area contributed by atoms with Crippen LogP contribution in [-0.2, 0) is 19.1 Å². The summed E-state index contributed by atoms with van der Waals surface area (Å²) in [5.41, 5.74) is 0.662. The zero-order valence-electron chi connectivity index (χ0n) is 18.1. The van der Waals surface area contributed by atoms with Gasteiger partial charge in [-0.2, -0.15) is 0 Å². The lowest BCUT2D eigenvalue weighted by Gasteiger charge is -2.56. The molecule has 29 heavy (non-hydrogen) atoms. The van der Waals surface area contributed by atoms with Crippen LogP contribution < -0.4 is 0 Å². The summed E-state index contributed by atoms with van der Waals surface area (Å²) in [5, 5.41) is 0. The summed E-state index contributed by atoms with van der Waals surface area (Å²) in [6.07, 6.45) is 9.41. The van der Waals surface area contributed by atoms with Crippen LogP contribution in [0.3, 0.4) is 0 Å². The lowest BCUT2D eigenvalue weighted by Crippen LogP contribution is -2.59. The minimum Gasteiger partial charge on any atom is -0.446 e. The van der Waals surface area contributed by atoms with Gasteiger partial charge in [-0.1, -0.05) is 26.0 Å². The molecule has 0 saturated heterocycles. The second kappa shape index (κ2) is 7.21. The average molecular weight is 399 g/mol. The van der Waals surface area contributed by atoms with Crippen molar-refractivity contribution < 1.29 is 19.1 Å². The second-order valence-electron chi connectivity index (χ2n) is 9.72. The molecule has 158 valence electrons. The minimum atomic E-state index is -1.16. The van der Waals surface area contributed by atoms with Gasteiger partial charge in [-0.15, -0.1) is 0 Å². The molecule has 4 aliphatic rings. The lowest BCUT2D eigenvalue weighted by molar-refractivity contribution is -0.185. The fourth-order valence-corrected chi connectivity index (χ4v) is 7.72. The normalized spacial score (nSPS) is 41.1. The van der Waals surface area contributed by atoms with E-state index in [2.05, 4.69) is 13.5 Å². The molecule has 0 N–H and O–H groups in total. The largest absolute Gasteiger partial charge is 0.446 e. The molecular formula is C25H34O4. The Morgan fingerprint density at radius 2 is 1.93 bits per heavy atom. The average Bonchev–Trinajstić information content (AvgIpc) is 2.96. The molecule has 0 heterocycles. The summed E-state index contributed by atoms with van der Waals surface area (Å²) in [6, 6.07) is 0. The highest BCUT2D eigenvalue weighted by Crippen LogP contribution is 2.68. The fraction of sp³-hybridized carbons (Fsp3) is 0.720. The lowest BCUT2D eigenvalue weighted by atomic mass is 9.49. The molecule has 4 aliphatic carbocycles. The van der Waals surface area contributed by atoms with Gasteiger partial charge >= 0.3 is 5.97 Å². The zero-order valence-corrected chi connectivity index (χ0v) is 18.1. The number of allylic oxidation sites excluding steroid dienone is 1. The van der Waals surface area contributed by atoms with Crippen molar-refractivity contribution in [3.63, 3.8) is 0 Å². The molecule has 4 rings (SSSR count). The van der Waals surface area contributed by atoms with Crippen molar-refractivity contribution in [3.05, 3.63) is 23.8 Å². The Bertz CT molecular complexity index is 793. The third kappa shape index (κ3) is 2.74. The number of Topliss-reactive ketones (excluding diaryl/α,β-unsaturated/α-hetero) is 1. The van der Waals surface area contributed by atoms with E-state index in [4.69, 9.17) is 4.74 Å². The maximum Gasteiger partial charge on any atom is 0.306 e. The molecule has 0 aromatic carbocycles. The van der Waals surface area contributed by atoms with Crippen molar-refractivity contribution in [3.8, 4) is 0 Å². The van der Waals surface area contributed by atoms with Gasteiger partial charge in [0.2, 0.25) is 0 Å². The first-order valence-electron chi connectivity index (χ1n) is 11.4. The number of carbonyl (C=O) groups is 3. The van der Waals surface area contributed by atoms with Gasteiger partial charge in [-0.25, -0.2) is 0 Å². The van der Waals surface area contributed by atoms with Crippen molar-refractivity contribution in [2.24, 2.45) is 29.1 Å². The van der Waals surface area contributed by atoms with Gasteiger partial charge in [0.05, 0.1) is 0 Å². The number of fused-ring (bicyclic) bond motifs is 5. The van der Waals surface area contributed by atoms with Crippen LogP contribution in [0.15, 0.2) is 23.8 Å². The molecule has 4 heteroatoms. The molecule has 3 fully saturated rings. The van der Waals surface area contributed by atoms with Crippen molar-refractivity contribution in [1.29, 1.82) is 0 Å². The van der Waals surface area contributed by atoms with E-state index in [1.165, 1.54) is 5.57 Å². The Balaban J connectivity index is 1.74. The molecule has 4 nitrogen and oxygen atoms in total. The first-order valence-corrected chi connectivity index (χ1v) is 11.4. The Kier molecular flexibility index (Phi) is 5.11. The number of esters is 1. The van der Waals surface area contributed by atoms with E-state index < -0.39 is 5.60 Å². The van der Waals surface area contributed by atoms with Gasteiger partial charge in [0.15, 0.2) is 17.2 Å². The summed E-state index contributed by atoms with van der Waals surface area (Å²) in [6.45, 7) is 9.81. The number of rotatable bonds is 4. The Labute approximate surface area is 174 Å². The van der Waals surface area contributed by atoms with Crippen LogP contribution in [0.1, 0.15) is 78.6 Å². The van der Waals surface area contributed by atoms with Gasteiger partial charge in [0, 0.05) is 18.3 Å². The van der Waals surface area contributed by atoms with Gasteiger partial charge < -0.3 is 4.74 Å². The SMILES string of the molecule is C=C1C[C@H]2[C@@H]3CCC4=CC(=O)CC[C@@H]4[C@H]3CC[C@]2(CC)[C@@]1(OC(=O)CC)C(C)=O. The third-order valence-corrected chi connectivity index (χ3v) is 8.86. The molecule has 0 aromatic rings. The van der Waals surface area contributed by atoms with E-state index in [1.807, 2.05) is 6.08 Å². The highest BCUT2D eigenvalue weighted by Gasteiger charge is 2.69. The van der Waals surface area contributed by atoms with Gasteiger partial charge in [0.25, 0.3) is 0 Å². The van der Waals surface area contributed by atoms with Crippen LogP contribution in [-0.4, -0.2) is 23.1 Å². The van der Waals surface area contributed by atoms with E-state index in [1.54, 1.807) is 13.8 Å². The monoisotopic (exact) mass is 398 g/mol. The first-order chi connectivity index (χ1) is 13.8. The molecule has 0 radical (unpaired) electrons. The van der Waals surface area contributed by atoms with Crippen molar-refractivity contribution in [2.45, 2.75) is 84.2 Å². The number of carbonyl (C=O) groups excluding carboxylic acids is 3. The highest BCUT2D eigenvalue weighted by atomic mass is 16.6. The van der Waals surface area contributed by atoms with E-state index in [0.29, 0.717) is 30.1 Å². The topological polar surface area (TPSA) is 60.4 Å². The Morgan fingerprint density at radius 1 is 1.17 bits per heavy atom. The predicted molar refractivity (Wildman–Crippen MR) is 111 cm³/mol. The molecular weight excluding hydrogens is 364 g/mol. The summed E-state index contributed by atoms with van der Waals surface area (Å²) in [4.78, 5) is 37.4. The number of hydrogen-bond donors (Lipinski definition) is 0. The molecule has 0 aliphatic heterocycles. The second-order valence-corrected chi connectivity index (χ2v) is 9.72. The van der Waals surface area contributed by atoms with Gasteiger partial charge in [-0.3, -0.25) is 14.4 Å². The molecule has 6 atom stereocenters. The van der Waals surface area contributed by atoms with Crippen LogP contribution >= 0.6 is 0 Å². The van der Waals surface area contributed by atoms with Crippen LogP contribution in [0.4, 0.5) is 0 Å². The summed E-state index contributed by atoms with van der Waals surface area (Å²) in [5.74, 6) is 1.84. The molecule has 3 saturated carbocycles. The molecule has 0 bridgehead atoms. The highest BCUT2D eigenvalue weighted by molar-refractivity contribution is 5.93. The van der Waals surface area contributed by atoms with Crippen LogP contribution in [0, 0.1) is 29.1 Å². The number of ether oxygens (including phenoxy) is 1. The molecule has 0 amide bonds. The third-order valence-electron chi connectivity index (χ3n) is 8.86. The molecule has 0 spiro atoms. The fourth-order valence-electron chi connectivity index (χ4n) is 7.72. The summed E-state index contributed by atoms with van der Waals surface area (Å²) in [7, 11) is 0. The maximum atomic E-state index is 13.1. The van der Waals surface area contributed by atoms with E-state index in [0.717, 1.165) is 50.5 Å². The van der Waals surface area contributed by atoms with Gasteiger partial charge in [0.1, 0.15) is 0 Å². The molecule has 0 aromatic heterocycles. The Hall–Kier alpha value is -1.71. The quantitative estimate of drug-likeness (QED) is 0.496. The first kappa shape index (κ1) is 20.6. The van der Waals surface area contributed by atoms with Gasteiger partial charge in [-0.05, 0) is 87.2 Å². The van der Waals surface area contributed by atoms with Crippen LogP contribution in [0.25, 0.3) is 0 Å². The predicted octanol–water partition coefficient (Wildman–Crippen LogP) is 4.97. The minimum absolute atomic E-state index is 0.0632. The van der Waals surface area contributed by atoms with E-state index >= 15 is 0 Å². The number of ketones is 2. The Morgan fingerprint density at radius 3 is 2.59 bits per heavy atom. The van der Waals surface area contributed by atoms with Crippen molar-refractivity contribution in [2.75, 3.05) is 0 Å². The zero-order chi connectivity index (χ0) is 21.0. The molecule has 0 unspecified atom stereocenters. The van der Waals surface area contributed by atoms with E-state index in [9.17, 15) is 14.4 Å². The summed E-state index contributed by atoms with van der Waals surface area (Å²) < 4.78 is 6.04. The standard InChI is InChI=1S/C25H34O4/c1-5-23(28)29-25(16(4)26)15(3)13-22-21-9-7-17-14-18(27)8-10-19(17)20(21)11-12-24(22,25)6-2/h14,19-22H,3,5-13H2,1-2,4H3/t19-,20+,21+,22-,24-,25-/m0/s1. The van der Waals surface area contributed by atoms with Crippen molar-refractivity contribution >= 4 is 17.5 Å². The van der Waals surface area contributed by atoms with Crippen LogP contribution in [0.5, 0.6) is 0 Å². The van der Waals surface area contributed by atoms with Crippen LogP contribution in [0.2, 0.25) is 0 Å². The maximum absolute atomic E-state index is 13.1. The smallest absolute Gasteiger partial charge is 0.306 e. The van der Waals surface area contributed by atoms with Crippen molar-refractivity contribution in [1.82, 2.24) is 0 Å². The van der Waals surface area contributed by atoms with E-state index in [-0.39, 0.29) is 29.4 Å². The summed E-state index contributed by atoms with van der Waals surface area (Å²) >= 11 is 0.